The van der Waals surface area contributed by atoms with Gasteiger partial charge in [-0.3, -0.25) is 4.79 Å². The smallest absolute Gasteiger partial charge is 0.230 e. The molecule has 1 aliphatic carbocycles. The fourth-order valence-electron chi connectivity index (χ4n) is 1.35. The van der Waals surface area contributed by atoms with Crippen LogP contribution >= 0.6 is 11.8 Å². The minimum Gasteiger partial charge on any atom is -0.392 e. The molecule has 0 aromatic heterocycles. The van der Waals surface area contributed by atoms with Crippen molar-refractivity contribution in [3.05, 3.63) is 0 Å². The molecule has 1 amide bonds. The summed E-state index contributed by atoms with van der Waals surface area (Å²) in [6, 6.07) is 0. The van der Waals surface area contributed by atoms with Crippen LogP contribution in [-0.4, -0.2) is 34.7 Å². The number of aliphatic hydroxyl groups excluding tert-OH is 1. The fourth-order valence-corrected chi connectivity index (χ4v) is 2.15. The zero-order chi connectivity index (χ0) is 11.3. The minimum absolute atomic E-state index is 0.0967. The van der Waals surface area contributed by atoms with Crippen molar-refractivity contribution >= 4 is 17.7 Å². The number of thioether (sulfide) groups is 1. The van der Waals surface area contributed by atoms with Gasteiger partial charge < -0.3 is 10.4 Å². The third kappa shape index (κ3) is 4.89. The molecule has 0 heterocycles. The van der Waals surface area contributed by atoms with Gasteiger partial charge in [-0.15, -0.1) is 11.8 Å². The predicted molar refractivity (Wildman–Crippen MR) is 64.0 cm³/mol. The van der Waals surface area contributed by atoms with Crippen LogP contribution in [0.4, 0.5) is 0 Å². The van der Waals surface area contributed by atoms with Crippen LogP contribution in [0.5, 0.6) is 0 Å². The highest BCUT2D eigenvalue weighted by Crippen LogP contribution is 2.25. The molecular weight excluding hydrogens is 210 g/mol. The largest absolute Gasteiger partial charge is 0.392 e. The van der Waals surface area contributed by atoms with Crippen molar-refractivity contribution in [3.63, 3.8) is 0 Å². The molecule has 0 aliphatic heterocycles. The van der Waals surface area contributed by atoms with E-state index in [1.165, 1.54) is 31.0 Å². The van der Waals surface area contributed by atoms with Crippen molar-refractivity contribution in [1.82, 2.24) is 5.32 Å². The zero-order valence-corrected chi connectivity index (χ0v) is 10.3. The average molecular weight is 231 g/mol. The molecule has 88 valence electrons. The number of nitrogens with one attached hydrogen (secondary N) is 1. The molecule has 0 saturated heterocycles. The van der Waals surface area contributed by atoms with Crippen molar-refractivity contribution in [3.8, 4) is 0 Å². The van der Waals surface area contributed by atoms with Gasteiger partial charge in [0.2, 0.25) is 5.91 Å². The second-order valence-corrected chi connectivity index (χ2v) is 5.72. The molecule has 0 unspecified atom stereocenters. The lowest BCUT2D eigenvalue weighted by Crippen LogP contribution is -2.33. The maximum atomic E-state index is 11.4. The van der Waals surface area contributed by atoms with Gasteiger partial charge in [0.25, 0.3) is 0 Å². The molecule has 4 heteroatoms. The van der Waals surface area contributed by atoms with Crippen molar-refractivity contribution in [2.45, 2.75) is 44.5 Å². The number of rotatable bonds is 6. The Hall–Kier alpha value is -0.220. The summed E-state index contributed by atoms with van der Waals surface area (Å²) in [5.41, 5.74) is 0. The first-order valence-corrected chi connectivity index (χ1v) is 6.71. The van der Waals surface area contributed by atoms with Crippen molar-refractivity contribution in [2.24, 2.45) is 5.92 Å². The minimum atomic E-state index is -0.352. The summed E-state index contributed by atoms with van der Waals surface area (Å²) in [4.78, 5) is 11.4. The van der Waals surface area contributed by atoms with Gasteiger partial charge in [-0.1, -0.05) is 13.3 Å². The summed E-state index contributed by atoms with van der Waals surface area (Å²) in [5.74, 6) is 1.27. The van der Waals surface area contributed by atoms with E-state index in [-0.39, 0.29) is 17.3 Å². The van der Waals surface area contributed by atoms with E-state index in [1.54, 1.807) is 6.92 Å². The standard InChI is InChI=1S/C11H21NO2S/c1-8(13)9(2)15-7-11(14)12-6-10-4-3-5-10/h8-10,13H,3-7H2,1-2H3,(H,12,14)/t8-,9-/m0/s1. The Morgan fingerprint density at radius 3 is 2.67 bits per heavy atom. The van der Waals surface area contributed by atoms with E-state index in [0.29, 0.717) is 11.7 Å². The average Bonchev–Trinajstić information content (AvgIpc) is 2.11. The number of hydrogen-bond acceptors (Lipinski definition) is 3. The quantitative estimate of drug-likeness (QED) is 0.726. The lowest BCUT2D eigenvalue weighted by atomic mass is 9.85. The first-order valence-electron chi connectivity index (χ1n) is 5.66. The Morgan fingerprint density at radius 2 is 2.20 bits per heavy atom. The molecule has 1 fully saturated rings. The molecule has 1 rings (SSSR count). The molecule has 0 aromatic rings. The van der Waals surface area contributed by atoms with E-state index in [0.717, 1.165) is 6.54 Å². The van der Waals surface area contributed by atoms with Crippen LogP contribution in [0.1, 0.15) is 33.1 Å². The first-order chi connectivity index (χ1) is 7.09. The summed E-state index contributed by atoms with van der Waals surface area (Å²) in [5, 5.41) is 12.3. The topological polar surface area (TPSA) is 49.3 Å². The maximum Gasteiger partial charge on any atom is 0.230 e. The highest BCUT2D eigenvalue weighted by Gasteiger charge is 2.18. The van der Waals surface area contributed by atoms with E-state index in [4.69, 9.17) is 0 Å². The monoisotopic (exact) mass is 231 g/mol. The molecular formula is C11H21NO2S. The SMILES string of the molecule is C[C@H](O)[C@H](C)SCC(=O)NCC1CCC1. The molecule has 1 saturated carbocycles. The van der Waals surface area contributed by atoms with E-state index in [9.17, 15) is 9.90 Å². The third-order valence-electron chi connectivity index (χ3n) is 2.97. The summed E-state index contributed by atoms with van der Waals surface area (Å²) in [6.45, 7) is 4.53. The lowest BCUT2D eigenvalue weighted by molar-refractivity contribution is -0.118. The second kappa shape index (κ2) is 6.38. The zero-order valence-electron chi connectivity index (χ0n) is 9.53. The number of carbonyl (C=O) groups is 1. The molecule has 2 N–H and O–H groups in total. The number of amides is 1. The van der Waals surface area contributed by atoms with Crippen LogP contribution in [0.3, 0.4) is 0 Å². The summed E-state index contributed by atoms with van der Waals surface area (Å²) in [7, 11) is 0. The van der Waals surface area contributed by atoms with Gasteiger partial charge in [0.05, 0.1) is 11.9 Å². The number of carbonyl (C=O) groups excluding carboxylic acids is 1. The van der Waals surface area contributed by atoms with E-state index < -0.39 is 0 Å². The molecule has 0 aromatic carbocycles. The molecule has 15 heavy (non-hydrogen) atoms. The maximum absolute atomic E-state index is 11.4. The molecule has 0 bridgehead atoms. The predicted octanol–water partition coefficient (Wildman–Crippen LogP) is 1.41. The van der Waals surface area contributed by atoms with Crippen LogP contribution in [0.2, 0.25) is 0 Å². The third-order valence-corrected chi connectivity index (χ3v) is 4.32. The summed E-state index contributed by atoms with van der Waals surface area (Å²) >= 11 is 1.51. The van der Waals surface area contributed by atoms with Gasteiger partial charge in [0.1, 0.15) is 0 Å². The van der Waals surface area contributed by atoms with Crippen LogP contribution in [0, 0.1) is 5.92 Å². The van der Waals surface area contributed by atoms with Crippen molar-refractivity contribution in [2.75, 3.05) is 12.3 Å². The van der Waals surface area contributed by atoms with Crippen LogP contribution < -0.4 is 5.32 Å². The van der Waals surface area contributed by atoms with Crippen molar-refractivity contribution in [1.29, 1.82) is 0 Å². The molecule has 1 aliphatic rings. The first kappa shape index (κ1) is 12.8. The summed E-state index contributed by atoms with van der Waals surface area (Å²) in [6.07, 6.45) is 3.48. The Labute approximate surface area is 96.0 Å². The molecule has 3 nitrogen and oxygen atoms in total. The van der Waals surface area contributed by atoms with Crippen molar-refractivity contribution < 1.29 is 9.90 Å². The Bertz CT molecular complexity index is 205. The molecule has 0 radical (unpaired) electrons. The summed E-state index contributed by atoms with van der Waals surface area (Å²) < 4.78 is 0. The highest BCUT2D eigenvalue weighted by molar-refractivity contribution is 8.00. The normalized spacial score (nSPS) is 20.5. The Kier molecular flexibility index (Phi) is 5.47. The van der Waals surface area contributed by atoms with E-state index in [1.807, 2.05) is 6.92 Å². The fraction of sp³-hybridized carbons (Fsp3) is 0.909. The molecule has 0 spiro atoms. The lowest BCUT2D eigenvalue weighted by Gasteiger charge is -2.25. The Balaban J connectivity index is 2.02. The van der Waals surface area contributed by atoms with Gasteiger partial charge in [-0.25, -0.2) is 0 Å². The second-order valence-electron chi connectivity index (χ2n) is 4.36. The van der Waals surface area contributed by atoms with Gasteiger partial charge in [0.15, 0.2) is 0 Å². The Morgan fingerprint density at radius 1 is 1.53 bits per heavy atom. The van der Waals surface area contributed by atoms with Gasteiger partial charge >= 0.3 is 0 Å². The van der Waals surface area contributed by atoms with E-state index >= 15 is 0 Å². The van der Waals surface area contributed by atoms with Crippen LogP contribution in [0.15, 0.2) is 0 Å². The molecule has 2 atom stereocenters. The van der Waals surface area contributed by atoms with E-state index in [2.05, 4.69) is 5.32 Å². The number of hydrogen-bond donors (Lipinski definition) is 2. The highest BCUT2D eigenvalue weighted by atomic mass is 32.2. The number of aliphatic hydroxyl groups is 1. The van der Waals surface area contributed by atoms with Crippen LogP contribution in [0.25, 0.3) is 0 Å². The van der Waals surface area contributed by atoms with Gasteiger partial charge in [-0.05, 0) is 25.7 Å². The van der Waals surface area contributed by atoms with Gasteiger partial charge in [0, 0.05) is 11.8 Å². The van der Waals surface area contributed by atoms with Crippen LogP contribution in [-0.2, 0) is 4.79 Å². The van der Waals surface area contributed by atoms with Gasteiger partial charge in [-0.2, -0.15) is 0 Å².